The van der Waals surface area contributed by atoms with Crippen LogP contribution in [0.15, 0.2) is 42.6 Å². The van der Waals surface area contributed by atoms with Crippen LogP contribution in [0, 0.1) is 11.8 Å². The molecular weight excluding hydrogens is 318 g/mol. The molecule has 1 heterocycles. The van der Waals surface area contributed by atoms with Gasteiger partial charge in [0.2, 0.25) is 5.91 Å². The lowest BCUT2D eigenvalue weighted by atomic mass is 9.87. The smallest absolute Gasteiger partial charge is 0.225 e. The van der Waals surface area contributed by atoms with Crippen LogP contribution in [0.5, 0.6) is 0 Å². The molecule has 2 atom stereocenters. The van der Waals surface area contributed by atoms with Crippen LogP contribution < -0.4 is 10.4 Å². The zero-order chi connectivity index (χ0) is 18.2. The first-order valence-corrected chi connectivity index (χ1v) is 8.63. The van der Waals surface area contributed by atoms with Gasteiger partial charge in [0.25, 0.3) is 0 Å². The fourth-order valence-corrected chi connectivity index (χ4v) is 2.80. The Bertz CT molecular complexity index is 697. The molecule has 25 heavy (non-hydrogen) atoms. The molecule has 0 radical (unpaired) electrons. The van der Waals surface area contributed by atoms with Gasteiger partial charge in [0.1, 0.15) is 0 Å². The SMILES string of the molecule is CCCC[C@@H](C(=O)[O-])[C@H](C)CC(=O)Nc1ccn(-c2ccccc2)n1. The number of hydrogen-bond acceptors (Lipinski definition) is 4. The van der Waals surface area contributed by atoms with E-state index in [1.165, 1.54) is 0 Å². The average molecular weight is 342 g/mol. The van der Waals surface area contributed by atoms with Crippen LogP contribution in [0.3, 0.4) is 0 Å². The molecule has 6 heteroatoms. The van der Waals surface area contributed by atoms with Crippen LogP contribution in [0.4, 0.5) is 5.82 Å². The van der Waals surface area contributed by atoms with Gasteiger partial charge in [0, 0.05) is 30.6 Å². The fraction of sp³-hybridized carbons (Fsp3) is 0.421. The average Bonchev–Trinajstić information content (AvgIpc) is 3.04. The standard InChI is InChI=1S/C19H25N3O3/c1-3-4-10-16(19(24)25)14(2)13-18(23)20-17-11-12-22(21-17)15-8-6-5-7-9-15/h5-9,11-12,14,16H,3-4,10,13H2,1-2H3,(H,24,25)(H,20,21,23)/p-1/t14-,16-/m1/s1. The first kappa shape index (κ1) is 18.7. The molecule has 0 saturated carbocycles. The molecule has 0 unspecified atom stereocenters. The Kier molecular flexibility index (Phi) is 6.74. The lowest BCUT2D eigenvalue weighted by molar-refractivity contribution is -0.313. The normalized spacial score (nSPS) is 13.2. The van der Waals surface area contributed by atoms with Gasteiger partial charge in [-0.1, -0.05) is 44.9 Å². The van der Waals surface area contributed by atoms with E-state index in [1.807, 2.05) is 37.3 Å². The van der Waals surface area contributed by atoms with E-state index in [-0.39, 0.29) is 18.2 Å². The zero-order valence-corrected chi connectivity index (χ0v) is 14.6. The van der Waals surface area contributed by atoms with Gasteiger partial charge in [0.15, 0.2) is 5.82 Å². The number of carboxylic acids is 1. The molecule has 1 aromatic carbocycles. The highest BCUT2D eigenvalue weighted by Gasteiger charge is 2.21. The van der Waals surface area contributed by atoms with Gasteiger partial charge in [-0.15, -0.1) is 0 Å². The third kappa shape index (κ3) is 5.45. The van der Waals surface area contributed by atoms with Crippen molar-refractivity contribution in [3.8, 4) is 5.69 Å². The minimum absolute atomic E-state index is 0.126. The van der Waals surface area contributed by atoms with Crippen molar-refractivity contribution in [3.63, 3.8) is 0 Å². The van der Waals surface area contributed by atoms with E-state index in [0.29, 0.717) is 12.2 Å². The fourth-order valence-electron chi connectivity index (χ4n) is 2.80. The third-order valence-electron chi connectivity index (χ3n) is 4.24. The number of unbranched alkanes of at least 4 members (excludes halogenated alkanes) is 1. The summed E-state index contributed by atoms with van der Waals surface area (Å²) in [5, 5.41) is 18.3. The number of para-hydroxylation sites is 1. The molecule has 1 amide bonds. The molecule has 6 nitrogen and oxygen atoms in total. The Morgan fingerprint density at radius 1 is 1.24 bits per heavy atom. The second-order valence-electron chi connectivity index (χ2n) is 6.28. The number of hydrogen-bond donors (Lipinski definition) is 1. The largest absolute Gasteiger partial charge is 0.550 e. The Balaban J connectivity index is 1.93. The number of carbonyl (C=O) groups is 2. The maximum atomic E-state index is 12.2. The topological polar surface area (TPSA) is 87.0 Å². The highest BCUT2D eigenvalue weighted by atomic mass is 16.4. The van der Waals surface area contributed by atoms with Crippen LogP contribution in [0.25, 0.3) is 5.69 Å². The Labute approximate surface area is 147 Å². The van der Waals surface area contributed by atoms with Crippen molar-refractivity contribution < 1.29 is 14.7 Å². The number of rotatable bonds is 9. The van der Waals surface area contributed by atoms with Crippen molar-refractivity contribution in [2.75, 3.05) is 5.32 Å². The molecule has 0 aliphatic carbocycles. The van der Waals surface area contributed by atoms with E-state index in [9.17, 15) is 14.7 Å². The van der Waals surface area contributed by atoms with Gasteiger partial charge >= 0.3 is 0 Å². The summed E-state index contributed by atoms with van der Waals surface area (Å²) in [6.07, 6.45) is 4.15. The monoisotopic (exact) mass is 342 g/mol. The molecule has 2 aromatic rings. The number of aromatic nitrogens is 2. The molecule has 2 rings (SSSR count). The van der Waals surface area contributed by atoms with Crippen LogP contribution >= 0.6 is 0 Å². The Morgan fingerprint density at radius 3 is 2.60 bits per heavy atom. The summed E-state index contributed by atoms with van der Waals surface area (Å²) >= 11 is 0. The van der Waals surface area contributed by atoms with E-state index < -0.39 is 11.9 Å². The van der Waals surface area contributed by atoms with Crippen molar-refractivity contribution in [1.29, 1.82) is 0 Å². The van der Waals surface area contributed by atoms with Gasteiger partial charge in [0.05, 0.1) is 5.69 Å². The lowest BCUT2D eigenvalue weighted by Crippen LogP contribution is -2.36. The van der Waals surface area contributed by atoms with Gasteiger partial charge in [-0.3, -0.25) is 4.79 Å². The highest BCUT2D eigenvalue weighted by molar-refractivity contribution is 5.90. The number of carbonyl (C=O) groups excluding carboxylic acids is 2. The van der Waals surface area contributed by atoms with E-state index in [1.54, 1.807) is 23.9 Å². The number of aliphatic carboxylic acids is 1. The van der Waals surface area contributed by atoms with Crippen molar-refractivity contribution >= 4 is 17.7 Å². The van der Waals surface area contributed by atoms with Crippen molar-refractivity contribution in [3.05, 3.63) is 42.6 Å². The van der Waals surface area contributed by atoms with E-state index >= 15 is 0 Å². The first-order valence-electron chi connectivity index (χ1n) is 8.63. The molecule has 1 aromatic heterocycles. The number of amides is 1. The van der Waals surface area contributed by atoms with E-state index in [2.05, 4.69) is 10.4 Å². The molecule has 0 bridgehead atoms. The summed E-state index contributed by atoms with van der Waals surface area (Å²) in [5.41, 5.74) is 0.896. The minimum Gasteiger partial charge on any atom is -0.550 e. The molecule has 0 spiro atoms. The first-order chi connectivity index (χ1) is 12.0. The summed E-state index contributed by atoms with van der Waals surface area (Å²) in [5.74, 6) is -1.77. The Hall–Kier alpha value is -2.63. The van der Waals surface area contributed by atoms with Gasteiger partial charge in [-0.2, -0.15) is 5.10 Å². The molecule has 0 fully saturated rings. The maximum Gasteiger partial charge on any atom is 0.225 e. The van der Waals surface area contributed by atoms with Crippen molar-refractivity contribution in [1.82, 2.24) is 9.78 Å². The van der Waals surface area contributed by atoms with Gasteiger partial charge < -0.3 is 15.2 Å². The van der Waals surface area contributed by atoms with Crippen LogP contribution in [-0.4, -0.2) is 21.7 Å². The van der Waals surface area contributed by atoms with Crippen molar-refractivity contribution in [2.24, 2.45) is 11.8 Å². The number of benzene rings is 1. The quantitative estimate of drug-likeness (QED) is 0.758. The maximum absolute atomic E-state index is 12.2. The van der Waals surface area contributed by atoms with Crippen LogP contribution in [0.1, 0.15) is 39.5 Å². The highest BCUT2D eigenvalue weighted by Crippen LogP contribution is 2.22. The molecule has 1 N–H and O–H groups in total. The number of carboxylic acid groups (broad SMARTS) is 1. The van der Waals surface area contributed by atoms with Gasteiger partial charge in [-0.05, 0) is 24.5 Å². The Morgan fingerprint density at radius 2 is 1.96 bits per heavy atom. The summed E-state index contributed by atoms with van der Waals surface area (Å²) in [6, 6.07) is 11.3. The second-order valence-corrected chi connectivity index (χ2v) is 6.28. The summed E-state index contributed by atoms with van der Waals surface area (Å²) in [7, 11) is 0. The summed E-state index contributed by atoms with van der Waals surface area (Å²) in [4.78, 5) is 23.5. The van der Waals surface area contributed by atoms with Gasteiger partial charge in [-0.25, -0.2) is 4.68 Å². The number of nitrogens with zero attached hydrogens (tertiary/aromatic N) is 2. The van der Waals surface area contributed by atoms with E-state index in [4.69, 9.17) is 0 Å². The molecule has 134 valence electrons. The predicted molar refractivity (Wildman–Crippen MR) is 94.0 cm³/mol. The minimum atomic E-state index is -1.08. The van der Waals surface area contributed by atoms with E-state index in [0.717, 1.165) is 18.5 Å². The van der Waals surface area contributed by atoms with Crippen LogP contribution in [-0.2, 0) is 9.59 Å². The molecule has 0 aliphatic rings. The zero-order valence-electron chi connectivity index (χ0n) is 14.6. The van der Waals surface area contributed by atoms with Crippen molar-refractivity contribution in [2.45, 2.75) is 39.5 Å². The lowest BCUT2D eigenvalue weighted by Gasteiger charge is -2.24. The predicted octanol–water partition coefficient (Wildman–Crippen LogP) is 2.39. The molecule has 0 aliphatic heterocycles. The number of nitrogens with one attached hydrogen (secondary N) is 1. The number of anilines is 1. The summed E-state index contributed by atoms with van der Waals surface area (Å²) < 4.78 is 1.67. The second kappa shape index (κ2) is 9.01. The third-order valence-corrected chi connectivity index (χ3v) is 4.24. The van der Waals surface area contributed by atoms with Crippen LogP contribution in [0.2, 0.25) is 0 Å². The molecule has 0 saturated heterocycles. The molecular formula is C19H24N3O3-. The summed E-state index contributed by atoms with van der Waals surface area (Å²) in [6.45, 7) is 3.78.